The van der Waals surface area contributed by atoms with Gasteiger partial charge >= 0.3 is 0 Å². The average Bonchev–Trinajstić information content (AvgIpc) is 3.23. The van der Waals surface area contributed by atoms with E-state index in [0.717, 1.165) is 16.6 Å². The molecule has 0 radical (unpaired) electrons. The maximum absolute atomic E-state index is 12.8. The average molecular weight is 408 g/mol. The highest BCUT2D eigenvalue weighted by Crippen LogP contribution is 2.37. The predicted octanol–water partition coefficient (Wildman–Crippen LogP) is 5.34. The number of nitro groups is 1. The van der Waals surface area contributed by atoms with Gasteiger partial charge in [0.2, 0.25) is 0 Å². The molecule has 0 fully saturated rings. The van der Waals surface area contributed by atoms with Crippen molar-refractivity contribution in [1.29, 1.82) is 0 Å². The van der Waals surface area contributed by atoms with E-state index in [1.165, 1.54) is 6.07 Å². The van der Waals surface area contributed by atoms with Crippen molar-refractivity contribution in [3.63, 3.8) is 0 Å². The van der Waals surface area contributed by atoms with Crippen LogP contribution in [0.25, 0.3) is 27.4 Å². The van der Waals surface area contributed by atoms with Crippen LogP contribution in [0.5, 0.6) is 0 Å². The monoisotopic (exact) mass is 408 g/mol. The van der Waals surface area contributed by atoms with Gasteiger partial charge in [-0.1, -0.05) is 30.3 Å². The second kappa shape index (κ2) is 7.38. The van der Waals surface area contributed by atoms with Crippen molar-refractivity contribution < 1.29 is 9.72 Å². The maximum Gasteiger partial charge on any atom is 0.277 e. The number of non-ortho nitro benzene ring substituents is 1. The highest BCUT2D eigenvalue weighted by Gasteiger charge is 2.20. The molecular formula is C24H16N4O3. The van der Waals surface area contributed by atoms with Crippen molar-refractivity contribution in [1.82, 2.24) is 9.55 Å². The number of fused-ring (bicyclic) bond motifs is 2. The Morgan fingerprint density at radius 3 is 2.58 bits per heavy atom. The summed E-state index contributed by atoms with van der Waals surface area (Å²) in [7, 11) is 0. The number of anilines is 1. The van der Waals surface area contributed by atoms with Crippen molar-refractivity contribution in [2.24, 2.45) is 0 Å². The summed E-state index contributed by atoms with van der Waals surface area (Å²) in [6.45, 7) is 0. The molecule has 0 atom stereocenters. The van der Waals surface area contributed by atoms with Gasteiger partial charge in [0.05, 0.1) is 27.2 Å². The summed E-state index contributed by atoms with van der Waals surface area (Å²) in [6, 6.07) is 23.3. The van der Waals surface area contributed by atoms with Gasteiger partial charge in [0.25, 0.3) is 11.6 Å². The molecule has 5 rings (SSSR count). The number of carbonyl (C=O) groups is 1. The highest BCUT2D eigenvalue weighted by molar-refractivity contribution is 6.12. The largest absolute Gasteiger partial charge is 0.320 e. The van der Waals surface area contributed by atoms with Crippen LogP contribution in [0.2, 0.25) is 0 Å². The van der Waals surface area contributed by atoms with E-state index in [1.807, 2.05) is 47.2 Å². The summed E-state index contributed by atoms with van der Waals surface area (Å²) in [6.07, 6.45) is 3.46. The molecule has 150 valence electrons. The standard InChI is InChI=1S/C24H16N4O3/c29-24(19-8-3-4-14-25-19)26-18-11-12-21(28(30)31)17-7-5-10-22(23(17)18)27-15-13-16-6-1-2-9-20(16)27/h1-15H,(H,26,29). The summed E-state index contributed by atoms with van der Waals surface area (Å²) < 4.78 is 1.97. The molecule has 7 heteroatoms. The number of amides is 1. The lowest BCUT2D eigenvalue weighted by Crippen LogP contribution is -2.14. The van der Waals surface area contributed by atoms with E-state index < -0.39 is 4.92 Å². The van der Waals surface area contributed by atoms with Gasteiger partial charge < -0.3 is 9.88 Å². The van der Waals surface area contributed by atoms with Crippen LogP contribution in [0, 0.1) is 10.1 Å². The minimum Gasteiger partial charge on any atom is -0.320 e. The maximum atomic E-state index is 12.8. The van der Waals surface area contributed by atoms with Crippen molar-refractivity contribution in [3.05, 3.63) is 107 Å². The van der Waals surface area contributed by atoms with E-state index in [-0.39, 0.29) is 17.3 Å². The SMILES string of the molecule is O=C(Nc1ccc([N+](=O)[O-])c2cccc(-n3ccc4ccccc43)c12)c1ccccn1. The number of hydrogen-bond donors (Lipinski definition) is 1. The molecule has 0 aliphatic heterocycles. The van der Waals surface area contributed by atoms with Crippen LogP contribution >= 0.6 is 0 Å². The summed E-state index contributed by atoms with van der Waals surface area (Å²) in [5, 5.41) is 16.6. The first-order chi connectivity index (χ1) is 15.1. The molecule has 31 heavy (non-hydrogen) atoms. The molecule has 5 aromatic rings. The van der Waals surface area contributed by atoms with Crippen molar-refractivity contribution in [3.8, 4) is 5.69 Å². The van der Waals surface area contributed by atoms with Gasteiger partial charge in [-0.3, -0.25) is 19.9 Å². The number of pyridine rings is 1. The van der Waals surface area contributed by atoms with Gasteiger partial charge in [0.15, 0.2) is 0 Å². The zero-order valence-electron chi connectivity index (χ0n) is 16.2. The number of benzene rings is 3. The van der Waals surface area contributed by atoms with Crippen molar-refractivity contribution >= 4 is 39.0 Å². The second-order valence-electron chi connectivity index (χ2n) is 7.00. The molecule has 3 aromatic carbocycles. The van der Waals surface area contributed by atoms with Gasteiger partial charge in [-0.2, -0.15) is 0 Å². The third-order valence-corrected chi connectivity index (χ3v) is 5.20. The number of rotatable bonds is 4. The Labute approximate surface area is 176 Å². The lowest BCUT2D eigenvalue weighted by Gasteiger charge is -2.15. The fraction of sp³-hybridized carbons (Fsp3) is 0. The summed E-state index contributed by atoms with van der Waals surface area (Å²) in [4.78, 5) is 28.1. The topological polar surface area (TPSA) is 90.1 Å². The molecule has 1 amide bonds. The van der Waals surface area contributed by atoms with E-state index in [1.54, 1.807) is 42.6 Å². The predicted molar refractivity (Wildman–Crippen MR) is 120 cm³/mol. The van der Waals surface area contributed by atoms with Crippen LogP contribution in [0.3, 0.4) is 0 Å². The van der Waals surface area contributed by atoms with Gasteiger partial charge in [0, 0.05) is 23.8 Å². The minimum absolute atomic E-state index is 0.0239. The third-order valence-electron chi connectivity index (χ3n) is 5.20. The lowest BCUT2D eigenvalue weighted by molar-refractivity contribution is -0.383. The molecule has 0 spiro atoms. The molecule has 2 heterocycles. The van der Waals surface area contributed by atoms with E-state index in [2.05, 4.69) is 10.3 Å². The fourth-order valence-corrected chi connectivity index (χ4v) is 3.81. The van der Waals surface area contributed by atoms with Crippen LogP contribution in [0.15, 0.2) is 91.3 Å². The van der Waals surface area contributed by atoms with E-state index in [4.69, 9.17) is 0 Å². The Morgan fingerprint density at radius 1 is 0.935 bits per heavy atom. The lowest BCUT2D eigenvalue weighted by atomic mass is 10.0. The first kappa shape index (κ1) is 18.5. The normalized spacial score (nSPS) is 11.0. The van der Waals surface area contributed by atoms with Gasteiger partial charge in [-0.25, -0.2) is 0 Å². The number of nitrogens with one attached hydrogen (secondary N) is 1. The number of nitrogens with zero attached hydrogens (tertiary/aromatic N) is 3. The Morgan fingerprint density at radius 2 is 1.77 bits per heavy atom. The van der Waals surface area contributed by atoms with Gasteiger partial charge in [0.1, 0.15) is 5.69 Å². The van der Waals surface area contributed by atoms with E-state index >= 15 is 0 Å². The summed E-state index contributed by atoms with van der Waals surface area (Å²) in [5.41, 5.74) is 2.41. The molecular weight excluding hydrogens is 392 g/mol. The first-order valence-electron chi connectivity index (χ1n) is 9.62. The molecule has 0 saturated heterocycles. The molecule has 0 bridgehead atoms. The fourth-order valence-electron chi connectivity index (χ4n) is 3.81. The van der Waals surface area contributed by atoms with Crippen LogP contribution in [-0.2, 0) is 0 Å². The molecule has 0 aliphatic rings. The summed E-state index contributed by atoms with van der Waals surface area (Å²) >= 11 is 0. The van der Waals surface area contributed by atoms with Gasteiger partial charge in [-0.05, 0) is 47.9 Å². The molecule has 1 N–H and O–H groups in total. The Bertz CT molecular complexity index is 1460. The van der Waals surface area contributed by atoms with E-state index in [0.29, 0.717) is 16.5 Å². The minimum atomic E-state index is -0.412. The summed E-state index contributed by atoms with van der Waals surface area (Å²) in [5.74, 6) is -0.386. The van der Waals surface area contributed by atoms with Crippen molar-refractivity contribution in [2.45, 2.75) is 0 Å². The molecule has 2 aromatic heterocycles. The molecule has 0 saturated carbocycles. The highest BCUT2D eigenvalue weighted by atomic mass is 16.6. The third kappa shape index (κ3) is 3.18. The van der Waals surface area contributed by atoms with Crippen LogP contribution in [0.4, 0.5) is 11.4 Å². The smallest absolute Gasteiger partial charge is 0.277 e. The molecule has 0 aliphatic carbocycles. The van der Waals surface area contributed by atoms with Crippen molar-refractivity contribution in [2.75, 3.05) is 5.32 Å². The Balaban J connectivity index is 1.75. The Kier molecular flexibility index (Phi) is 4.41. The number of nitro benzene ring substituents is 1. The van der Waals surface area contributed by atoms with Crippen LogP contribution in [-0.4, -0.2) is 20.4 Å². The second-order valence-corrected chi connectivity index (χ2v) is 7.00. The zero-order chi connectivity index (χ0) is 21.4. The number of carbonyl (C=O) groups excluding carboxylic acids is 1. The first-order valence-corrected chi connectivity index (χ1v) is 9.62. The number of hydrogen-bond acceptors (Lipinski definition) is 4. The quantitative estimate of drug-likeness (QED) is 0.321. The van der Waals surface area contributed by atoms with Crippen LogP contribution < -0.4 is 5.32 Å². The number of para-hydroxylation sites is 1. The van der Waals surface area contributed by atoms with Crippen LogP contribution in [0.1, 0.15) is 10.5 Å². The van der Waals surface area contributed by atoms with Gasteiger partial charge in [-0.15, -0.1) is 0 Å². The molecule has 7 nitrogen and oxygen atoms in total. The van der Waals surface area contributed by atoms with E-state index in [9.17, 15) is 14.9 Å². The number of aromatic nitrogens is 2. The zero-order valence-corrected chi connectivity index (χ0v) is 16.2. The Hall–Kier alpha value is -4.52. The molecule has 0 unspecified atom stereocenters.